The lowest BCUT2D eigenvalue weighted by atomic mass is 10.2. The second-order valence-corrected chi connectivity index (χ2v) is 3.59. The van der Waals surface area contributed by atoms with Crippen molar-refractivity contribution < 1.29 is 14.0 Å². The molecule has 2 N–H and O–H groups in total. The number of hydrogen-bond donors (Lipinski definition) is 1. The quantitative estimate of drug-likeness (QED) is 0.850. The van der Waals surface area contributed by atoms with E-state index >= 15 is 0 Å². The lowest BCUT2D eigenvalue weighted by molar-refractivity contribution is 0.174. The highest BCUT2D eigenvalue weighted by Crippen LogP contribution is 2.39. The van der Waals surface area contributed by atoms with Gasteiger partial charge >= 0.3 is 0 Å². The summed E-state index contributed by atoms with van der Waals surface area (Å²) in [6.07, 6.45) is 0.569. The monoisotopic (exact) mass is 233 g/mol. The van der Waals surface area contributed by atoms with Crippen molar-refractivity contribution in [3.8, 4) is 22.9 Å². The summed E-state index contributed by atoms with van der Waals surface area (Å²) < 4.78 is 15.8. The Balaban J connectivity index is 2.00. The van der Waals surface area contributed by atoms with Gasteiger partial charge < -0.3 is 19.7 Å². The molecule has 0 fully saturated rings. The highest BCUT2D eigenvalue weighted by Gasteiger charge is 2.21. The molecule has 0 bridgehead atoms. The van der Waals surface area contributed by atoms with Gasteiger partial charge in [0.25, 0.3) is 0 Å². The number of nitrogens with two attached hydrogens (primary N) is 1. The SMILES string of the molecule is NCCc1nc(-c2cccc3c2OCO3)no1. The fraction of sp³-hybridized carbons (Fsp3) is 0.273. The van der Waals surface area contributed by atoms with Gasteiger partial charge in [-0.2, -0.15) is 4.98 Å². The molecule has 1 aromatic heterocycles. The third-order valence-corrected chi connectivity index (χ3v) is 2.46. The topological polar surface area (TPSA) is 83.4 Å². The number of fused-ring (bicyclic) bond motifs is 1. The van der Waals surface area contributed by atoms with E-state index < -0.39 is 0 Å². The van der Waals surface area contributed by atoms with Crippen LogP contribution < -0.4 is 15.2 Å². The molecule has 0 saturated heterocycles. The van der Waals surface area contributed by atoms with Gasteiger partial charge in [0.1, 0.15) is 0 Å². The third kappa shape index (κ3) is 1.72. The van der Waals surface area contributed by atoms with Gasteiger partial charge in [-0.25, -0.2) is 0 Å². The summed E-state index contributed by atoms with van der Waals surface area (Å²) in [5.74, 6) is 2.38. The largest absolute Gasteiger partial charge is 0.454 e. The summed E-state index contributed by atoms with van der Waals surface area (Å²) in [6.45, 7) is 0.702. The van der Waals surface area contributed by atoms with E-state index in [1.54, 1.807) is 0 Å². The first-order chi connectivity index (χ1) is 8.38. The van der Waals surface area contributed by atoms with E-state index in [0.29, 0.717) is 36.2 Å². The van der Waals surface area contributed by atoms with E-state index in [1.807, 2.05) is 18.2 Å². The number of para-hydroxylation sites is 1. The Morgan fingerprint density at radius 1 is 1.29 bits per heavy atom. The number of ether oxygens (including phenoxy) is 2. The van der Waals surface area contributed by atoms with Gasteiger partial charge in [-0.05, 0) is 12.1 Å². The number of hydrogen-bond acceptors (Lipinski definition) is 6. The molecule has 0 saturated carbocycles. The zero-order valence-corrected chi connectivity index (χ0v) is 9.05. The van der Waals surface area contributed by atoms with Crippen molar-refractivity contribution in [1.82, 2.24) is 10.1 Å². The molecule has 0 unspecified atom stereocenters. The number of benzene rings is 1. The standard InChI is InChI=1S/C11H11N3O3/c12-5-4-9-13-11(14-17-9)7-2-1-3-8-10(7)16-6-15-8/h1-3H,4-6,12H2. The molecule has 0 aliphatic carbocycles. The number of rotatable bonds is 3. The van der Waals surface area contributed by atoms with Gasteiger partial charge in [0, 0.05) is 13.0 Å². The summed E-state index contributed by atoms with van der Waals surface area (Å²) in [5, 5.41) is 3.91. The Labute approximate surface area is 97.3 Å². The molecule has 0 spiro atoms. The van der Waals surface area contributed by atoms with Crippen LogP contribution in [0.3, 0.4) is 0 Å². The summed E-state index contributed by atoms with van der Waals surface area (Å²) in [7, 11) is 0. The molecule has 2 aromatic rings. The number of aromatic nitrogens is 2. The van der Waals surface area contributed by atoms with Crippen LogP contribution in [0.4, 0.5) is 0 Å². The van der Waals surface area contributed by atoms with Crippen LogP contribution in [0.5, 0.6) is 11.5 Å². The van der Waals surface area contributed by atoms with E-state index in [4.69, 9.17) is 19.7 Å². The predicted molar refractivity (Wildman–Crippen MR) is 58.6 cm³/mol. The fourth-order valence-corrected chi connectivity index (χ4v) is 1.70. The Kier molecular flexibility index (Phi) is 2.41. The first kappa shape index (κ1) is 10.1. The van der Waals surface area contributed by atoms with Gasteiger partial charge in [-0.3, -0.25) is 0 Å². The first-order valence-corrected chi connectivity index (χ1v) is 5.30. The van der Waals surface area contributed by atoms with Crippen LogP contribution in [0.15, 0.2) is 22.7 Å². The summed E-state index contributed by atoms with van der Waals surface area (Å²) >= 11 is 0. The molecule has 1 aliphatic rings. The Morgan fingerprint density at radius 2 is 2.24 bits per heavy atom. The van der Waals surface area contributed by atoms with Crippen molar-refractivity contribution in [2.75, 3.05) is 13.3 Å². The van der Waals surface area contributed by atoms with E-state index in [0.717, 1.165) is 5.56 Å². The third-order valence-electron chi connectivity index (χ3n) is 2.46. The van der Waals surface area contributed by atoms with E-state index in [2.05, 4.69) is 10.1 Å². The van der Waals surface area contributed by atoms with Crippen molar-refractivity contribution in [2.24, 2.45) is 5.73 Å². The minimum Gasteiger partial charge on any atom is -0.454 e. The molecule has 6 nitrogen and oxygen atoms in total. The van der Waals surface area contributed by atoms with Crippen LogP contribution in [0.1, 0.15) is 5.89 Å². The molecule has 88 valence electrons. The highest BCUT2D eigenvalue weighted by atomic mass is 16.7. The summed E-state index contributed by atoms with van der Waals surface area (Å²) in [6, 6.07) is 5.57. The van der Waals surface area contributed by atoms with Gasteiger partial charge in [-0.15, -0.1) is 0 Å². The lowest BCUT2D eigenvalue weighted by Crippen LogP contribution is -2.02. The minimum atomic E-state index is 0.222. The van der Waals surface area contributed by atoms with Crippen molar-refractivity contribution in [2.45, 2.75) is 6.42 Å². The van der Waals surface area contributed by atoms with Crippen LogP contribution in [-0.4, -0.2) is 23.5 Å². The second-order valence-electron chi connectivity index (χ2n) is 3.59. The molecule has 0 atom stereocenters. The maximum Gasteiger partial charge on any atom is 0.231 e. The van der Waals surface area contributed by atoms with Gasteiger partial charge in [0.05, 0.1) is 5.56 Å². The average molecular weight is 233 g/mol. The maximum absolute atomic E-state index is 5.43. The molecule has 6 heteroatoms. The van der Waals surface area contributed by atoms with Crippen LogP contribution in [-0.2, 0) is 6.42 Å². The summed E-state index contributed by atoms with van der Waals surface area (Å²) in [4.78, 5) is 4.25. The first-order valence-electron chi connectivity index (χ1n) is 5.30. The van der Waals surface area contributed by atoms with Crippen molar-refractivity contribution in [3.63, 3.8) is 0 Å². The van der Waals surface area contributed by atoms with Crippen LogP contribution in [0.25, 0.3) is 11.4 Å². The second kappa shape index (κ2) is 4.06. The fourth-order valence-electron chi connectivity index (χ4n) is 1.70. The smallest absolute Gasteiger partial charge is 0.231 e. The molecule has 2 heterocycles. The Morgan fingerprint density at radius 3 is 3.12 bits per heavy atom. The molecule has 1 aromatic carbocycles. The summed E-state index contributed by atoms with van der Waals surface area (Å²) in [5.41, 5.74) is 6.20. The van der Waals surface area contributed by atoms with Crippen LogP contribution in [0, 0.1) is 0 Å². The Hall–Kier alpha value is -2.08. The lowest BCUT2D eigenvalue weighted by Gasteiger charge is -1.99. The van der Waals surface area contributed by atoms with Crippen LogP contribution in [0.2, 0.25) is 0 Å². The average Bonchev–Trinajstić information content (AvgIpc) is 2.96. The number of nitrogens with zero attached hydrogens (tertiary/aromatic N) is 2. The zero-order valence-electron chi connectivity index (χ0n) is 9.05. The molecule has 17 heavy (non-hydrogen) atoms. The predicted octanol–water partition coefficient (Wildman–Crippen LogP) is 0.966. The van der Waals surface area contributed by atoms with Crippen molar-refractivity contribution >= 4 is 0 Å². The molecular formula is C11H11N3O3. The highest BCUT2D eigenvalue weighted by molar-refractivity contribution is 5.69. The van der Waals surface area contributed by atoms with E-state index in [-0.39, 0.29) is 6.79 Å². The molecule has 1 aliphatic heterocycles. The molecule has 0 radical (unpaired) electrons. The zero-order chi connectivity index (χ0) is 11.7. The van der Waals surface area contributed by atoms with Gasteiger partial charge in [0.2, 0.25) is 18.5 Å². The Bertz CT molecular complexity index is 539. The van der Waals surface area contributed by atoms with Crippen molar-refractivity contribution in [3.05, 3.63) is 24.1 Å². The molecular weight excluding hydrogens is 222 g/mol. The van der Waals surface area contributed by atoms with E-state index in [1.165, 1.54) is 0 Å². The molecule has 3 rings (SSSR count). The normalized spacial score (nSPS) is 13.0. The van der Waals surface area contributed by atoms with Gasteiger partial charge in [0.15, 0.2) is 11.5 Å². The maximum atomic E-state index is 5.43. The van der Waals surface area contributed by atoms with E-state index in [9.17, 15) is 0 Å². The van der Waals surface area contributed by atoms with Crippen LogP contribution >= 0.6 is 0 Å². The minimum absolute atomic E-state index is 0.222. The molecule has 0 amide bonds. The van der Waals surface area contributed by atoms with Gasteiger partial charge in [-0.1, -0.05) is 11.2 Å². The van der Waals surface area contributed by atoms with Crippen molar-refractivity contribution in [1.29, 1.82) is 0 Å².